The van der Waals surface area contributed by atoms with Gasteiger partial charge in [0.2, 0.25) is 0 Å². The van der Waals surface area contributed by atoms with Gasteiger partial charge in [-0.25, -0.2) is 0 Å². The lowest BCUT2D eigenvalue weighted by molar-refractivity contribution is 0.268. The fourth-order valence-electron chi connectivity index (χ4n) is 1.46. The Morgan fingerprint density at radius 2 is 2.30 bits per heavy atom. The Balaban J connectivity index is 2.28. The molecule has 2 heteroatoms. The normalized spacial score (nSPS) is 28.2. The summed E-state index contributed by atoms with van der Waals surface area (Å²) >= 11 is 2.50. The Kier molecular flexibility index (Phi) is 3.43. The van der Waals surface area contributed by atoms with Gasteiger partial charge in [-0.05, 0) is 32.7 Å². The van der Waals surface area contributed by atoms with Crippen LogP contribution < -0.4 is 0 Å². The Labute approximate surface area is 77.3 Å². The second-order valence-corrected chi connectivity index (χ2v) is 4.28. The first-order chi connectivity index (χ1) is 4.74. The molecule has 1 fully saturated rings. The number of hydrogen-bond donors (Lipinski definition) is 0. The van der Waals surface area contributed by atoms with E-state index in [0.717, 1.165) is 12.0 Å². The van der Waals surface area contributed by atoms with Gasteiger partial charge in [-0.15, -0.1) is 0 Å². The number of hydrogen-bond acceptors (Lipinski definition) is 1. The summed E-state index contributed by atoms with van der Waals surface area (Å²) in [5.74, 6) is 0.975. The first-order valence-electron chi connectivity index (χ1n) is 4.04. The van der Waals surface area contributed by atoms with Crippen molar-refractivity contribution >= 4 is 22.6 Å². The highest BCUT2D eigenvalue weighted by Gasteiger charge is 2.22. The molecule has 1 unspecified atom stereocenters. The maximum absolute atomic E-state index is 2.57. The summed E-state index contributed by atoms with van der Waals surface area (Å²) in [4.78, 5) is 2.57. The van der Waals surface area contributed by atoms with Gasteiger partial charge in [0.15, 0.2) is 0 Å². The molecule has 0 spiro atoms. The molecule has 0 amide bonds. The predicted octanol–water partition coefficient (Wildman–Crippen LogP) is 2.15. The van der Waals surface area contributed by atoms with Crippen LogP contribution in [0.15, 0.2) is 0 Å². The van der Waals surface area contributed by atoms with Crippen molar-refractivity contribution in [3.05, 3.63) is 0 Å². The molecule has 0 aromatic rings. The van der Waals surface area contributed by atoms with Crippen LogP contribution >= 0.6 is 22.6 Å². The quantitative estimate of drug-likeness (QED) is 0.538. The SMILES string of the molecule is CC(C)N1CCC(CI)C1. The molecule has 1 heterocycles. The molecule has 0 saturated carbocycles. The van der Waals surface area contributed by atoms with E-state index >= 15 is 0 Å². The standard InChI is InChI=1S/C8H16IN/c1-7(2)10-4-3-8(5-9)6-10/h7-8H,3-6H2,1-2H3. The van der Waals surface area contributed by atoms with Crippen molar-refractivity contribution in [3.63, 3.8) is 0 Å². The highest BCUT2D eigenvalue weighted by Crippen LogP contribution is 2.19. The van der Waals surface area contributed by atoms with Gasteiger partial charge in [-0.3, -0.25) is 0 Å². The molecule has 0 N–H and O–H groups in total. The fraction of sp³-hybridized carbons (Fsp3) is 1.00. The summed E-state index contributed by atoms with van der Waals surface area (Å²) in [5.41, 5.74) is 0. The van der Waals surface area contributed by atoms with Crippen molar-refractivity contribution in [1.29, 1.82) is 0 Å². The van der Waals surface area contributed by atoms with Crippen LogP contribution in [0.25, 0.3) is 0 Å². The maximum atomic E-state index is 2.57. The predicted molar refractivity (Wildman–Crippen MR) is 53.7 cm³/mol. The molecule has 0 bridgehead atoms. The first-order valence-corrected chi connectivity index (χ1v) is 5.56. The molecule has 1 rings (SSSR count). The molecule has 0 aliphatic carbocycles. The van der Waals surface area contributed by atoms with Gasteiger partial charge >= 0.3 is 0 Å². The minimum absolute atomic E-state index is 0.757. The zero-order chi connectivity index (χ0) is 7.56. The monoisotopic (exact) mass is 253 g/mol. The summed E-state index contributed by atoms with van der Waals surface area (Å²) in [6.45, 7) is 7.23. The summed E-state index contributed by atoms with van der Waals surface area (Å²) in [7, 11) is 0. The van der Waals surface area contributed by atoms with E-state index in [1.807, 2.05) is 0 Å². The van der Waals surface area contributed by atoms with Crippen LogP contribution in [0.5, 0.6) is 0 Å². The summed E-state index contributed by atoms with van der Waals surface area (Å²) in [5, 5.41) is 0. The molecular formula is C8H16IN. The topological polar surface area (TPSA) is 3.24 Å². The van der Waals surface area contributed by atoms with Gasteiger partial charge < -0.3 is 4.90 Å². The lowest BCUT2D eigenvalue weighted by Gasteiger charge is -2.19. The van der Waals surface area contributed by atoms with Crippen LogP contribution in [-0.2, 0) is 0 Å². The summed E-state index contributed by atoms with van der Waals surface area (Å²) in [6, 6.07) is 0.757. The first kappa shape index (κ1) is 8.78. The largest absolute Gasteiger partial charge is 0.301 e. The Hall–Kier alpha value is 0.690. The number of alkyl halides is 1. The van der Waals surface area contributed by atoms with E-state index < -0.39 is 0 Å². The second-order valence-electron chi connectivity index (χ2n) is 3.40. The minimum Gasteiger partial charge on any atom is -0.301 e. The molecule has 0 radical (unpaired) electrons. The number of halogens is 1. The third-order valence-corrected chi connectivity index (χ3v) is 3.51. The zero-order valence-corrected chi connectivity index (χ0v) is 8.97. The van der Waals surface area contributed by atoms with Crippen molar-refractivity contribution in [2.45, 2.75) is 26.3 Å². The number of rotatable bonds is 2. The van der Waals surface area contributed by atoms with Gasteiger partial charge in [0, 0.05) is 17.0 Å². The second kappa shape index (κ2) is 3.90. The number of likely N-dealkylation sites (tertiary alicyclic amines) is 1. The lowest BCUT2D eigenvalue weighted by Crippen LogP contribution is -2.28. The molecule has 1 saturated heterocycles. The summed E-state index contributed by atoms with van der Waals surface area (Å²) in [6.07, 6.45) is 1.42. The highest BCUT2D eigenvalue weighted by atomic mass is 127. The molecule has 10 heavy (non-hydrogen) atoms. The van der Waals surface area contributed by atoms with Crippen LogP contribution in [-0.4, -0.2) is 28.5 Å². The molecular weight excluding hydrogens is 237 g/mol. The van der Waals surface area contributed by atoms with Crippen molar-refractivity contribution < 1.29 is 0 Å². The van der Waals surface area contributed by atoms with E-state index in [1.165, 1.54) is 23.9 Å². The average Bonchev–Trinajstić information content (AvgIpc) is 2.34. The van der Waals surface area contributed by atoms with Crippen LogP contribution in [0, 0.1) is 5.92 Å². The van der Waals surface area contributed by atoms with Crippen molar-refractivity contribution in [3.8, 4) is 0 Å². The zero-order valence-electron chi connectivity index (χ0n) is 6.81. The third-order valence-electron chi connectivity index (χ3n) is 2.27. The van der Waals surface area contributed by atoms with Crippen molar-refractivity contribution in [1.82, 2.24) is 4.90 Å². The van der Waals surface area contributed by atoms with E-state index in [-0.39, 0.29) is 0 Å². The van der Waals surface area contributed by atoms with Crippen molar-refractivity contribution in [2.75, 3.05) is 17.5 Å². The Morgan fingerprint density at radius 3 is 2.60 bits per heavy atom. The smallest absolute Gasteiger partial charge is 0.00387 e. The van der Waals surface area contributed by atoms with Crippen molar-refractivity contribution in [2.24, 2.45) is 5.92 Å². The molecule has 1 nitrogen and oxygen atoms in total. The molecule has 1 atom stereocenters. The fourth-order valence-corrected chi connectivity index (χ4v) is 2.18. The molecule has 1 aliphatic rings. The van der Waals surface area contributed by atoms with E-state index in [2.05, 4.69) is 41.3 Å². The van der Waals surface area contributed by atoms with Crippen LogP contribution in [0.2, 0.25) is 0 Å². The van der Waals surface area contributed by atoms with Gasteiger partial charge in [0.25, 0.3) is 0 Å². The lowest BCUT2D eigenvalue weighted by atomic mass is 10.2. The van der Waals surface area contributed by atoms with E-state index in [9.17, 15) is 0 Å². The summed E-state index contributed by atoms with van der Waals surface area (Å²) < 4.78 is 1.33. The van der Waals surface area contributed by atoms with Gasteiger partial charge in [0.05, 0.1) is 0 Å². The molecule has 0 aromatic heterocycles. The van der Waals surface area contributed by atoms with Crippen LogP contribution in [0.1, 0.15) is 20.3 Å². The average molecular weight is 253 g/mol. The van der Waals surface area contributed by atoms with E-state index in [0.29, 0.717) is 0 Å². The third kappa shape index (κ3) is 2.09. The molecule has 60 valence electrons. The highest BCUT2D eigenvalue weighted by molar-refractivity contribution is 14.1. The maximum Gasteiger partial charge on any atom is 0.00387 e. The van der Waals surface area contributed by atoms with Crippen LogP contribution in [0.4, 0.5) is 0 Å². The van der Waals surface area contributed by atoms with E-state index in [1.54, 1.807) is 0 Å². The Morgan fingerprint density at radius 1 is 1.60 bits per heavy atom. The number of nitrogens with zero attached hydrogens (tertiary/aromatic N) is 1. The molecule has 0 aromatic carbocycles. The van der Waals surface area contributed by atoms with Crippen LogP contribution in [0.3, 0.4) is 0 Å². The molecule has 1 aliphatic heterocycles. The Bertz CT molecular complexity index is 103. The van der Waals surface area contributed by atoms with E-state index in [4.69, 9.17) is 0 Å². The van der Waals surface area contributed by atoms with Gasteiger partial charge in [-0.2, -0.15) is 0 Å². The minimum atomic E-state index is 0.757. The van der Waals surface area contributed by atoms with Gasteiger partial charge in [0.1, 0.15) is 0 Å². The van der Waals surface area contributed by atoms with Gasteiger partial charge in [-0.1, -0.05) is 22.6 Å².